The minimum absolute atomic E-state index is 0.123. The third kappa shape index (κ3) is 4.92. The van der Waals surface area contributed by atoms with Crippen LogP contribution in [-0.2, 0) is 4.74 Å². The predicted octanol–water partition coefficient (Wildman–Crippen LogP) is 2.64. The van der Waals surface area contributed by atoms with Crippen LogP contribution in [0, 0.1) is 10.1 Å². The minimum atomic E-state index is -0.557. The number of ether oxygens (including phenoxy) is 1. The molecule has 12 heteroatoms. The molecule has 1 aliphatic heterocycles. The first kappa shape index (κ1) is 22.3. The Kier molecular flexibility index (Phi) is 6.26. The van der Waals surface area contributed by atoms with Crippen molar-refractivity contribution < 1.29 is 9.66 Å². The highest BCUT2D eigenvalue weighted by Crippen LogP contribution is 2.25. The molecule has 1 saturated heterocycles. The third-order valence-electron chi connectivity index (χ3n) is 5.74. The van der Waals surface area contributed by atoms with E-state index in [-0.39, 0.29) is 11.5 Å². The van der Waals surface area contributed by atoms with Gasteiger partial charge in [-0.2, -0.15) is 0 Å². The third-order valence-corrected chi connectivity index (χ3v) is 5.74. The van der Waals surface area contributed by atoms with E-state index >= 15 is 0 Å². The molecule has 12 nitrogen and oxygen atoms in total. The van der Waals surface area contributed by atoms with E-state index in [1.165, 1.54) is 17.8 Å². The van der Waals surface area contributed by atoms with Crippen molar-refractivity contribution in [2.45, 2.75) is 0 Å². The van der Waals surface area contributed by atoms with Crippen molar-refractivity contribution in [1.29, 1.82) is 0 Å². The van der Waals surface area contributed by atoms with Gasteiger partial charge in [-0.3, -0.25) is 14.5 Å². The monoisotopic (exact) mass is 475 g/mol. The molecule has 0 radical (unpaired) electrons. The molecule has 0 aliphatic carbocycles. The molecule has 35 heavy (non-hydrogen) atoms. The molecule has 0 saturated carbocycles. The molecule has 0 unspecified atom stereocenters. The zero-order valence-corrected chi connectivity index (χ0v) is 18.9. The second-order valence-electron chi connectivity index (χ2n) is 7.98. The van der Waals surface area contributed by atoms with Crippen LogP contribution < -0.4 is 21.3 Å². The van der Waals surface area contributed by atoms with Crippen molar-refractivity contribution >= 4 is 34.6 Å². The molecule has 4 aromatic rings. The Labute approximate surface area is 200 Å². The lowest BCUT2D eigenvalue weighted by Gasteiger charge is -2.28. The lowest BCUT2D eigenvalue weighted by Crippen LogP contribution is -2.36. The highest BCUT2D eigenvalue weighted by atomic mass is 16.6. The number of hydrogen-bond donors (Lipinski definition) is 3. The second kappa shape index (κ2) is 9.81. The number of rotatable bonds is 8. The van der Waals surface area contributed by atoms with Gasteiger partial charge in [-0.1, -0.05) is 12.1 Å². The summed E-state index contributed by atoms with van der Waals surface area (Å²) in [5.41, 5.74) is 9.21. The number of imidazole rings is 1. The standard InChI is InChI=1S/C23H25N9O3/c24-22-19(32(33)34)5-6-20(29-22)25-7-8-27-23-28-18(15-21-26-9-10-31(21)23)16-1-3-17(4-2-16)30-11-13-35-14-12-30/h1-6,9-10,15H,7-8,11-14H2,(H,27,28)(H3,24,25,29). The number of anilines is 4. The number of nitrogens with one attached hydrogen (secondary N) is 2. The van der Waals surface area contributed by atoms with Crippen LogP contribution in [0.2, 0.25) is 0 Å². The summed E-state index contributed by atoms with van der Waals surface area (Å²) in [5, 5.41) is 17.3. The van der Waals surface area contributed by atoms with Gasteiger partial charge in [0.25, 0.3) is 0 Å². The summed E-state index contributed by atoms with van der Waals surface area (Å²) < 4.78 is 7.32. The Morgan fingerprint density at radius 2 is 1.83 bits per heavy atom. The molecule has 0 spiro atoms. The van der Waals surface area contributed by atoms with Crippen molar-refractivity contribution in [3.8, 4) is 11.3 Å². The zero-order valence-electron chi connectivity index (χ0n) is 18.9. The maximum Gasteiger partial charge on any atom is 0.311 e. The number of benzene rings is 1. The van der Waals surface area contributed by atoms with Gasteiger partial charge in [0.1, 0.15) is 11.5 Å². The highest BCUT2D eigenvalue weighted by Gasteiger charge is 2.14. The van der Waals surface area contributed by atoms with E-state index in [4.69, 9.17) is 15.5 Å². The van der Waals surface area contributed by atoms with Gasteiger partial charge in [0, 0.05) is 62.0 Å². The van der Waals surface area contributed by atoms with Gasteiger partial charge in [0.05, 0.1) is 23.8 Å². The smallest absolute Gasteiger partial charge is 0.311 e. The van der Waals surface area contributed by atoms with Crippen LogP contribution >= 0.6 is 0 Å². The van der Waals surface area contributed by atoms with Gasteiger partial charge >= 0.3 is 5.69 Å². The van der Waals surface area contributed by atoms with Crippen LogP contribution in [0.4, 0.5) is 29.0 Å². The molecular weight excluding hydrogens is 450 g/mol. The van der Waals surface area contributed by atoms with Crippen LogP contribution in [0.1, 0.15) is 0 Å². The SMILES string of the molecule is Nc1nc(NCCNc2nc(-c3ccc(N4CCOCC4)cc3)cc3nccn23)ccc1[N+](=O)[O-]. The average Bonchev–Trinajstić information content (AvgIpc) is 3.36. The largest absolute Gasteiger partial charge is 0.378 e. The van der Waals surface area contributed by atoms with Gasteiger partial charge in [0.15, 0.2) is 0 Å². The molecule has 4 N–H and O–H groups in total. The summed E-state index contributed by atoms with van der Waals surface area (Å²) in [4.78, 5) is 25.9. The molecule has 1 aromatic carbocycles. The first-order valence-corrected chi connectivity index (χ1v) is 11.2. The van der Waals surface area contributed by atoms with E-state index in [2.05, 4.69) is 49.8 Å². The van der Waals surface area contributed by atoms with Crippen molar-refractivity contribution in [1.82, 2.24) is 19.4 Å². The van der Waals surface area contributed by atoms with E-state index in [1.807, 2.05) is 16.7 Å². The molecule has 3 aromatic heterocycles. The maximum absolute atomic E-state index is 10.9. The zero-order chi connectivity index (χ0) is 24.2. The summed E-state index contributed by atoms with van der Waals surface area (Å²) in [6.07, 6.45) is 3.58. The van der Waals surface area contributed by atoms with Gasteiger partial charge in [-0.05, 0) is 18.2 Å². The Bertz CT molecular complexity index is 1330. The summed E-state index contributed by atoms with van der Waals surface area (Å²) in [5.74, 6) is 0.997. The summed E-state index contributed by atoms with van der Waals surface area (Å²) in [7, 11) is 0. The van der Waals surface area contributed by atoms with Crippen molar-refractivity contribution in [2.75, 3.05) is 60.7 Å². The molecule has 180 valence electrons. The topological polar surface area (TPSA) is 149 Å². The fraction of sp³-hybridized carbons (Fsp3) is 0.261. The second-order valence-corrected chi connectivity index (χ2v) is 7.98. The Morgan fingerprint density at radius 3 is 2.57 bits per heavy atom. The lowest BCUT2D eigenvalue weighted by molar-refractivity contribution is -0.384. The summed E-state index contributed by atoms with van der Waals surface area (Å²) in [6.45, 7) is 4.30. The quantitative estimate of drug-likeness (QED) is 0.197. The maximum atomic E-state index is 10.9. The number of nitro groups is 1. The van der Waals surface area contributed by atoms with Gasteiger partial charge in [-0.25, -0.2) is 15.0 Å². The van der Waals surface area contributed by atoms with Gasteiger partial charge in [-0.15, -0.1) is 0 Å². The van der Waals surface area contributed by atoms with Crippen LogP contribution in [-0.4, -0.2) is 63.7 Å². The average molecular weight is 476 g/mol. The van der Waals surface area contributed by atoms with Crippen LogP contribution in [0.15, 0.2) is 54.9 Å². The fourth-order valence-electron chi connectivity index (χ4n) is 3.95. The van der Waals surface area contributed by atoms with Gasteiger partial charge < -0.3 is 26.0 Å². The van der Waals surface area contributed by atoms with Crippen LogP contribution in [0.25, 0.3) is 16.9 Å². The number of nitrogens with zero attached hydrogens (tertiary/aromatic N) is 6. The first-order valence-electron chi connectivity index (χ1n) is 11.2. The van der Waals surface area contributed by atoms with Crippen molar-refractivity contribution in [3.63, 3.8) is 0 Å². The normalized spacial score (nSPS) is 13.7. The summed E-state index contributed by atoms with van der Waals surface area (Å²) >= 11 is 0. The van der Waals surface area contributed by atoms with E-state index in [0.717, 1.165) is 43.2 Å². The predicted molar refractivity (Wildman–Crippen MR) is 134 cm³/mol. The number of hydrogen-bond acceptors (Lipinski definition) is 10. The Balaban J connectivity index is 1.27. The van der Waals surface area contributed by atoms with E-state index in [1.54, 1.807) is 6.20 Å². The van der Waals surface area contributed by atoms with Crippen LogP contribution in [0.3, 0.4) is 0 Å². The number of nitrogens with two attached hydrogens (primary N) is 1. The molecule has 5 rings (SSSR count). The number of fused-ring (bicyclic) bond motifs is 1. The highest BCUT2D eigenvalue weighted by molar-refractivity contribution is 5.68. The molecule has 4 heterocycles. The van der Waals surface area contributed by atoms with E-state index in [0.29, 0.717) is 24.9 Å². The van der Waals surface area contributed by atoms with Gasteiger partial charge in [0.2, 0.25) is 11.8 Å². The Hall–Kier alpha value is -4.45. The number of morpholine rings is 1. The first-order chi connectivity index (χ1) is 17.1. The number of aromatic nitrogens is 4. The fourth-order valence-corrected chi connectivity index (χ4v) is 3.95. The summed E-state index contributed by atoms with van der Waals surface area (Å²) in [6, 6.07) is 13.2. The molecular formula is C23H25N9O3. The van der Waals surface area contributed by atoms with Crippen LogP contribution in [0.5, 0.6) is 0 Å². The molecule has 0 atom stereocenters. The minimum Gasteiger partial charge on any atom is -0.378 e. The molecule has 0 bridgehead atoms. The Morgan fingerprint density at radius 1 is 1.06 bits per heavy atom. The number of pyridine rings is 1. The van der Waals surface area contributed by atoms with E-state index in [9.17, 15) is 10.1 Å². The van der Waals surface area contributed by atoms with Crippen molar-refractivity contribution in [3.05, 3.63) is 65.0 Å². The number of nitrogen functional groups attached to an aromatic ring is 1. The molecule has 1 fully saturated rings. The molecule has 1 aliphatic rings. The van der Waals surface area contributed by atoms with Crippen molar-refractivity contribution in [2.24, 2.45) is 0 Å². The van der Waals surface area contributed by atoms with E-state index < -0.39 is 4.92 Å². The molecule has 0 amide bonds. The lowest BCUT2D eigenvalue weighted by atomic mass is 10.1.